The van der Waals surface area contributed by atoms with Gasteiger partial charge in [-0.15, -0.1) is 0 Å². The number of benzene rings is 2. The molecule has 2 N–H and O–H groups in total. The highest BCUT2D eigenvalue weighted by atomic mass is 16.5. The number of aliphatic hydroxyl groups excluding tert-OH is 1. The summed E-state index contributed by atoms with van der Waals surface area (Å²) in [6.07, 6.45) is 3.12. The molecule has 3 heterocycles. The van der Waals surface area contributed by atoms with Gasteiger partial charge in [-0.1, -0.05) is 56.2 Å². The largest absolute Gasteiger partial charge is 0.485 e. The molecule has 0 aliphatic carbocycles. The van der Waals surface area contributed by atoms with E-state index in [0.717, 1.165) is 50.1 Å². The van der Waals surface area contributed by atoms with Crippen LogP contribution in [0.2, 0.25) is 0 Å². The number of carbonyl (C=O) groups is 2. The van der Waals surface area contributed by atoms with Crippen LogP contribution in [0.25, 0.3) is 33.1 Å². The summed E-state index contributed by atoms with van der Waals surface area (Å²) in [5.74, 6) is 0.748. The number of hydrogen-bond acceptors (Lipinski definition) is 6. The first-order chi connectivity index (χ1) is 18.5. The number of nitrogens with one attached hydrogen (secondary N) is 1. The summed E-state index contributed by atoms with van der Waals surface area (Å²) in [6, 6.07) is 20.4. The zero-order chi connectivity index (χ0) is 28.1. The number of fused-ring (bicyclic) bond motifs is 3. The summed E-state index contributed by atoms with van der Waals surface area (Å²) in [5, 5.41) is 11.5. The summed E-state index contributed by atoms with van der Waals surface area (Å²) in [6.45, 7) is 12.6. The van der Waals surface area contributed by atoms with E-state index in [1.807, 2.05) is 38.0 Å². The minimum Gasteiger partial charge on any atom is -0.485 e. The summed E-state index contributed by atoms with van der Waals surface area (Å²) in [4.78, 5) is 28.5. The maximum Gasteiger partial charge on any atom is 0.144 e. The molecule has 5 aromatic rings. The third-order valence-electron chi connectivity index (χ3n) is 5.44. The quantitative estimate of drug-likeness (QED) is 0.277. The van der Waals surface area contributed by atoms with Crippen LogP contribution in [0.3, 0.4) is 0 Å². The predicted molar refractivity (Wildman–Crippen MR) is 153 cm³/mol. The van der Waals surface area contributed by atoms with Crippen molar-refractivity contribution in [2.75, 3.05) is 0 Å². The number of ether oxygens (including phenoxy) is 1. The van der Waals surface area contributed by atoms with Gasteiger partial charge in [0.05, 0.1) is 23.5 Å². The third kappa shape index (κ3) is 7.11. The second-order valence-electron chi connectivity index (χ2n) is 8.54. The Balaban J connectivity index is 0.000000665. The number of aromatic nitrogens is 3. The number of nitrogens with zero attached hydrogens (tertiary/aromatic N) is 2. The molecule has 0 aliphatic heterocycles. The number of rotatable bonds is 5. The second kappa shape index (κ2) is 15.0. The molecule has 0 aliphatic rings. The van der Waals surface area contributed by atoms with E-state index in [2.05, 4.69) is 79.0 Å². The van der Waals surface area contributed by atoms with E-state index in [1.165, 1.54) is 12.0 Å². The van der Waals surface area contributed by atoms with Crippen molar-refractivity contribution in [1.29, 1.82) is 0 Å². The Morgan fingerprint density at radius 1 is 0.895 bits per heavy atom. The molecule has 7 heteroatoms. The number of aromatic amines is 1. The molecule has 0 saturated heterocycles. The first-order valence-corrected chi connectivity index (χ1v) is 12.3. The van der Waals surface area contributed by atoms with Crippen LogP contribution >= 0.6 is 0 Å². The Morgan fingerprint density at radius 3 is 2.26 bits per heavy atom. The van der Waals surface area contributed by atoms with Crippen LogP contribution < -0.4 is 4.74 Å². The fourth-order valence-corrected chi connectivity index (χ4v) is 3.99. The van der Waals surface area contributed by atoms with Gasteiger partial charge in [-0.3, -0.25) is 4.98 Å². The van der Waals surface area contributed by atoms with E-state index in [4.69, 9.17) is 14.3 Å². The van der Waals surface area contributed by atoms with Crippen LogP contribution in [0.5, 0.6) is 5.75 Å². The smallest absolute Gasteiger partial charge is 0.144 e. The Morgan fingerprint density at radius 2 is 1.58 bits per heavy atom. The van der Waals surface area contributed by atoms with E-state index < -0.39 is 0 Å². The fraction of sp³-hybridized carbons (Fsp3) is 0.226. The van der Waals surface area contributed by atoms with Crippen molar-refractivity contribution in [2.45, 2.75) is 47.3 Å². The maximum atomic E-state index is 9.33. The lowest BCUT2D eigenvalue weighted by atomic mass is 9.98. The van der Waals surface area contributed by atoms with Crippen molar-refractivity contribution in [3.05, 3.63) is 89.4 Å². The van der Waals surface area contributed by atoms with E-state index in [0.29, 0.717) is 12.3 Å². The number of hydrogen-bond donors (Lipinski definition) is 2. The Labute approximate surface area is 223 Å². The monoisotopic (exact) mass is 513 g/mol. The minimum absolute atomic E-state index is 0.0870. The Kier molecular flexibility index (Phi) is 11.8. The van der Waals surface area contributed by atoms with Gasteiger partial charge in [0.15, 0.2) is 0 Å². The van der Waals surface area contributed by atoms with Gasteiger partial charge in [0, 0.05) is 17.0 Å². The highest BCUT2D eigenvalue weighted by molar-refractivity contribution is 6.15. The number of aliphatic hydroxyl groups is 1. The van der Waals surface area contributed by atoms with Gasteiger partial charge in [-0.2, -0.15) is 0 Å². The summed E-state index contributed by atoms with van der Waals surface area (Å²) >= 11 is 0. The van der Waals surface area contributed by atoms with E-state index in [9.17, 15) is 5.11 Å². The predicted octanol–water partition coefficient (Wildman–Crippen LogP) is 6.51. The molecule has 198 valence electrons. The molecule has 38 heavy (non-hydrogen) atoms. The SMILES string of the molecule is C=O.C=O.CCC.Cc1cccc(-c2ccc(OCc3cccc(CO)n3)c3[nH]c4ncc(C)cc4c23)c1. The normalized spacial score (nSPS) is 9.92. The first kappa shape index (κ1) is 29.9. The molecule has 5 rings (SSSR count). The molecular formula is C31H35N3O4. The maximum absolute atomic E-state index is 9.33. The van der Waals surface area contributed by atoms with E-state index in [1.54, 1.807) is 6.07 Å². The Hall–Kier alpha value is -4.36. The molecule has 0 spiro atoms. The van der Waals surface area contributed by atoms with Gasteiger partial charge < -0.3 is 24.4 Å². The molecule has 0 fully saturated rings. The molecule has 2 aromatic carbocycles. The molecular weight excluding hydrogens is 478 g/mol. The van der Waals surface area contributed by atoms with Crippen LogP contribution in [-0.2, 0) is 22.8 Å². The lowest BCUT2D eigenvalue weighted by Gasteiger charge is -2.11. The lowest BCUT2D eigenvalue weighted by molar-refractivity contribution is -0.0987. The number of carbonyl (C=O) groups excluding carboxylic acids is 2. The fourth-order valence-electron chi connectivity index (χ4n) is 3.99. The van der Waals surface area contributed by atoms with E-state index in [-0.39, 0.29) is 6.61 Å². The van der Waals surface area contributed by atoms with Gasteiger partial charge in [-0.05, 0) is 60.9 Å². The third-order valence-corrected chi connectivity index (χ3v) is 5.44. The zero-order valence-corrected chi connectivity index (χ0v) is 22.5. The lowest BCUT2D eigenvalue weighted by Crippen LogP contribution is -2.01. The molecule has 0 amide bonds. The van der Waals surface area contributed by atoms with Gasteiger partial charge in [0.1, 0.15) is 31.6 Å². The van der Waals surface area contributed by atoms with Crippen molar-refractivity contribution in [1.82, 2.24) is 15.0 Å². The molecule has 0 unspecified atom stereocenters. The summed E-state index contributed by atoms with van der Waals surface area (Å²) in [7, 11) is 0. The van der Waals surface area contributed by atoms with Crippen molar-refractivity contribution in [3.63, 3.8) is 0 Å². The van der Waals surface area contributed by atoms with Crippen molar-refractivity contribution in [3.8, 4) is 16.9 Å². The van der Waals surface area contributed by atoms with Gasteiger partial charge >= 0.3 is 0 Å². The second-order valence-corrected chi connectivity index (χ2v) is 8.54. The number of aryl methyl sites for hydroxylation is 2. The van der Waals surface area contributed by atoms with Gasteiger partial charge in [0.2, 0.25) is 0 Å². The molecule has 0 bridgehead atoms. The average molecular weight is 514 g/mol. The topological polar surface area (TPSA) is 105 Å². The standard InChI is InChI=1S/C26H23N3O2.C3H8.2CH2O/c1-16-5-3-6-18(11-16)21-9-10-23(31-15-20-8-4-7-19(14-30)28-20)25-24(21)22-12-17(2)13-27-26(22)29-25;1-3-2;2*1-2/h3-13,30H,14-15H2,1-2H3,(H,27,29);3H2,1-2H3;2*1H2. The molecule has 0 atom stereocenters. The van der Waals surface area contributed by atoms with Crippen molar-refractivity contribution in [2.24, 2.45) is 0 Å². The molecule has 3 aromatic heterocycles. The van der Waals surface area contributed by atoms with Crippen LogP contribution in [0.15, 0.2) is 66.9 Å². The van der Waals surface area contributed by atoms with E-state index >= 15 is 0 Å². The van der Waals surface area contributed by atoms with Crippen LogP contribution in [0.1, 0.15) is 42.8 Å². The summed E-state index contributed by atoms with van der Waals surface area (Å²) in [5.41, 5.74) is 7.80. The van der Waals surface area contributed by atoms with Crippen LogP contribution in [0, 0.1) is 13.8 Å². The number of pyridine rings is 2. The van der Waals surface area contributed by atoms with Gasteiger partial charge in [-0.25, -0.2) is 4.98 Å². The minimum atomic E-state index is -0.0870. The number of H-pyrrole nitrogens is 1. The molecule has 0 radical (unpaired) electrons. The Bertz CT molecular complexity index is 1460. The highest BCUT2D eigenvalue weighted by Crippen LogP contribution is 2.39. The van der Waals surface area contributed by atoms with Crippen LogP contribution in [0.4, 0.5) is 0 Å². The first-order valence-electron chi connectivity index (χ1n) is 12.3. The van der Waals surface area contributed by atoms with Crippen LogP contribution in [-0.4, -0.2) is 33.6 Å². The van der Waals surface area contributed by atoms with Crippen molar-refractivity contribution >= 4 is 35.5 Å². The zero-order valence-electron chi connectivity index (χ0n) is 22.5. The molecule has 0 saturated carbocycles. The van der Waals surface area contributed by atoms with Gasteiger partial charge in [0.25, 0.3) is 0 Å². The van der Waals surface area contributed by atoms with Crippen molar-refractivity contribution < 1.29 is 19.4 Å². The average Bonchev–Trinajstić information content (AvgIpc) is 3.33. The summed E-state index contributed by atoms with van der Waals surface area (Å²) < 4.78 is 6.18. The molecule has 7 nitrogen and oxygen atoms in total. The highest BCUT2D eigenvalue weighted by Gasteiger charge is 2.16.